The van der Waals surface area contributed by atoms with E-state index in [9.17, 15) is 0 Å². The van der Waals surface area contributed by atoms with Crippen LogP contribution in [0.15, 0.2) is 36.0 Å². The molecular formula is C8H9N. The zero-order valence-electron chi connectivity index (χ0n) is 5.22. The van der Waals surface area contributed by atoms with Crippen molar-refractivity contribution < 1.29 is 0 Å². The van der Waals surface area contributed by atoms with Gasteiger partial charge in [-0.25, -0.2) is 0 Å². The van der Waals surface area contributed by atoms with E-state index in [0.717, 1.165) is 17.6 Å². The summed E-state index contributed by atoms with van der Waals surface area (Å²) < 4.78 is 0. The maximum Gasteiger partial charge on any atom is 0.0183 e. The molecule has 0 unspecified atom stereocenters. The van der Waals surface area contributed by atoms with Crippen LogP contribution < -0.4 is 0 Å². The SMILES string of the molecule is C=C1CC=C/C1=C/C=N. The fourth-order valence-corrected chi connectivity index (χ4v) is 0.827. The molecular weight excluding hydrogens is 110 g/mol. The molecule has 0 amide bonds. The normalized spacial score (nSPS) is 21.3. The minimum Gasteiger partial charge on any atom is -0.309 e. The van der Waals surface area contributed by atoms with Crippen LogP contribution >= 0.6 is 0 Å². The van der Waals surface area contributed by atoms with Crippen molar-refractivity contribution in [1.82, 2.24) is 0 Å². The molecule has 0 saturated carbocycles. The van der Waals surface area contributed by atoms with Gasteiger partial charge in [-0.3, -0.25) is 0 Å². The predicted octanol–water partition coefficient (Wildman–Crippen LogP) is 2.08. The molecule has 1 aliphatic carbocycles. The lowest BCUT2D eigenvalue weighted by Crippen LogP contribution is -1.75. The second-order valence-electron chi connectivity index (χ2n) is 2.00. The van der Waals surface area contributed by atoms with Crippen molar-refractivity contribution >= 4 is 6.21 Å². The maximum absolute atomic E-state index is 6.78. The van der Waals surface area contributed by atoms with Crippen molar-refractivity contribution in [3.8, 4) is 0 Å². The first-order valence-electron chi connectivity index (χ1n) is 2.90. The number of hydrogen-bond donors (Lipinski definition) is 1. The molecule has 1 heteroatoms. The van der Waals surface area contributed by atoms with Crippen LogP contribution in [0.1, 0.15) is 6.42 Å². The van der Waals surface area contributed by atoms with E-state index >= 15 is 0 Å². The van der Waals surface area contributed by atoms with Gasteiger partial charge in [-0.05, 0) is 23.6 Å². The largest absolute Gasteiger partial charge is 0.309 e. The summed E-state index contributed by atoms with van der Waals surface area (Å²) in [5, 5.41) is 6.78. The van der Waals surface area contributed by atoms with E-state index in [1.165, 1.54) is 6.21 Å². The summed E-state index contributed by atoms with van der Waals surface area (Å²) in [5.74, 6) is 0. The highest BCUT2D eigenvalue weighted by Gasteiger charge is 2.01. The van der Waals surface area contributed by atoms with Crippen molar-refractivity contribution in [2.45, 2.75) is 6.42 Å². The Labute approximate surface area is 54.9 Å². The van der Waals surface area contributed by atoms with Gasteiger partial charge in [-0.2, -0.15) is 0 Å². The highest BCUT2D eigenvalue weighted by atomic mass is 14.3. The molecule has 0 atom stereocenters. The summed E-state index contributed by atoms with van der Waals surface area (Å²) in [6.07, 6.45) is 8.03. The van der Waals surface area contributed by atoms with Crippen molar-refractivity contribution in [1.29, 1.82) is 5.41 Å². The minimum absolute atomic E-state index is 0.944. The first-order valence-corrected chi connectivity index (χ1v) is 2.90. The lowest BCUT2D eigenvalue weighted by atomic mass is 10.1. The fraction of sp³-hybridized carbons (Fsp3) is 0.125. The quantitative estimate of drug-likeness (QED) is 0.511. The Bertz CT molecular complexity index is 197. The molecule has 1 N–H and O–H groups in total. The zero-order chi connectivity index (χ0) is 6.69. The van der Waals surface area contributed by atoms with E-state index in [1.807, 2.05) is 6.08 Å². The number of rotatable bonds is 1. The second kappa shape index (κ2) is 2.44. The first kappa shape index (κ1) is 6.02. The number of hydrogen-bond acceptors (Lipinski definition) is 1. The molecule has 0 bridgehead atoms. The Balaban J connectivity index is 2.81. The third-order valence-electron chi connectivity index (χ3n) is 1.33. The van der Waals surface area contributed by atoms with Crippen LogP contribution in [-0.4, -0.2) is 6.21 Å². The summed E-state index contributed by atoms with van der Waals surface area (Å²) in [7, 11) is 0. The predicted molar refractivity (Wildman–Crippen MR) is 39.8 cm³/mol. The summed E-state index contributed by atoms with van der Waals surface area (Å²) in [5.41, 5.74) is 2.20. The first-order chi connectivity index (χ1) is 4.34. The average Bonchev–Trinajstić information content (AvgIpc) is 2.18. The van der Waals surface area contributed by atoms with Gasteiger partial charge in [0.05, 0.1) is 0 Å². The molecule has 46 valence electrons. The Morgan fingerprint density at radius 3 is 2.89 bits per heavy atom. The number of allylic oxidation sites excluding steroid dienone is 5. The Morgan fingerprint density at radius 2 is 2.44 bits per heavy atom. The van der Waals surface area contributed by atoms with E-state index in [2.05, 4.69) is 12.7 Å². The van der Waals surface area contributed by atoms with Gasteiger partial charge in [-0.15, -0.1) is 0 Å². The van der Waals surface area contributed by atoms with Crippen molar-refractivity contribution in [2.75, 3.05) is 0 Å². The third kappa shape index (κ3) is 1.17. The second-order valence-corrected chi connectivity index (χ2v) is 2.00. The molecule has 0 heterocycles. The standard InChI is InChI=1S/C8H9N/c1-7-3-2-4-8(7)5-6-9/h2,4-6,9H,1,3H2/b8-5-,9-6?. The summed E-state index contributed by atoms with van der Waals surface area (Å²) in [4.78, 5) is 0. The fourth-order valence-electron chi connectivity index (χ4n) is 0.827. The molecule has 0 aromatic heterocycles. The minimum atomic E-state index is 0.944. The van der Waals surface area contributed by atoms with Crippen LogP contribution in [0.4, 0.5) is 0 Å². The van der Waals surface area contributed by atoms with Crippen LogP contribution in [0, 0.1) is 5.41 Å². The van der Waals surface area contributed by atoms with Gasteiger partial charge in [0.1, 0.15) is 0 Å². The molecule has 0 aliphatic heterocycles. The lowest BCUT2D eigenvalue weighted by molar-refractivity contribution is 1.34. The van der Waals surface area contributed by atoms with Crippen molar-refractivity contribution in [3.63, 3.8) is 0 Å². The van der Waals surface area contributed by atoms with Crippen molar-refractivity contribution in [3.05, 3.63) is 36.0 Å². The van der Waals surface area contributed by atoms with Crippen LogP contribution in [0.5, 0.6) is 0 Å². The van der Waals surface area contributed by atoms with Gasteiger partial charge in [0.25, 0.3) is 0 Å². The smallest absolute Gasteiger partial charge is 0.0183 e. The molecule has 0 fully saturated rings. The average molecular weight is 119 g/mol. The van der Waals surface area contributed by atoms with Gasteiger partial charge in [0, 0.05) is 6.21 Å². The molecule has 1 aliphatic rings. The van der Waals surface area contributed by atoms with Crippen LogP contribution in [0.25, 0.3) is 0 Å². The van der Waals surface area contributed by atoms with Gasteiger partial charge < -0.3 is 5.41 Å². The molecule has 1 rings (SSSR count). The molecule has 0 spiro atoms. The van der Waals surface area contributed by atoms with E-state index in [-0.39, 0.29) is 0 Å². The van der Waals surface area contributed by atoms with Crippen LogP contribution in [-0.2, 0) is 0 Å². The molecule has 0 saturated heterocycles. The Kier molecular flexibility index (Phi) is 1.63. The van der Waals surface area contributed by atoms with E-state index in [0.29, 0.717) is 0 Å². The third-order valence-corrected chi connectivity index (χ3v) is 1.33. The molecule has 0 radical (unpaired) electrons. The van der Waals surface area contributed by atoms with Crippen molar-refractivity contribution in [2.24, 2.45) is 0 Å². The van der Waals surface area contributed by atoms with E-state index < -0.39 is 0 Å². The zero-order valence-corrected chi connectivity index (χ0v) is 5.22. The highest BCUT2D eigenvalue weighted by Crippen LogP contribution is 2.20. The molecule has 0 aromatic rings. The summed E-state index contributed by atoms with van der Waals surface area (Å²) in [6.45, 7) is 3.82. The maximum atomic E-state index is 6.78. The topological polar surface area (TPSA) is 23.9 Å². The molecule has 0 aromatic carbocycles. The van der Waals surface area contributed by atoms with Gasteiger partial charge in [0.2, 0.25) is 0 Å². The summed E-state index contributed by atoms with van der Waals surface area (Å²) >= 11 is 0. The lowest BCUT2D eigenvalue weighted by Gasteiger charge is -1.91. The van der Waals surface area contributed by atoms with E-state index in [4.69, 9.17) is 5.41 Å². The molecule has 1 nitrogen and oxygen atoms in total. The van der Waals surface area contributed by atoms with Crippen LogP contribution in [0.2, 0.25) is 0 Å². The Morgan fingerprint density at radius 1 is 1.67 bits per heavy atom. The molecule has 9 heavy (non-hydrogen) atoms. The van der Waals surface area contributed by atoms with Gasteiger partial charge in [-0.1, -0.05) is 18.7 Å². The monoisotopic (exact) mass is 119 g/mol. The van der Waals surface area contributed by atoms with Gasteiger partial charge in [0.15, 0.2) is 0 Å². The summed E-state index contributed by atoms with van der Waals surface area (Å²) in [6, 6.07) is 0. The number of nitrogens with one attached hydrogen (secondary N) is 1. The van der Waals surface area contributed by atoms with Crippen LogP contribution in [0.3, 0.4) is 0 Å². The van der Waals surface area contributed by atoms with E-state index in [1.54, 1.807) is 6.08 Å². The Hall–Kier alpha value is -1.11. The van der Waals surface area contributed by atoms with Gasteiger partial charge >= 0.3 is 0 Å². The highest BCUT2D eigenvalue weighted by molar-refractivity contribution is 5.72.